The molecular formula is C21H24ClNO2. The van der Waals surface area contributed by atoms with Crippen molar-refractivity contribution in [3.8, 4) is 0 Å². The molecule has 1 atom stereocenters. The molecule has 0 bridgehead atoms. The molecule has 132 valence electrons. The van der Waals surface area contributed by atoms with E-state index in [0.717, 1.165) is 42.1 Å². The number of hydrogen-bond acceptors (Lipinski definition) is 2. The van der Waals surface area contributed by atoms with Gasteiger partial charge in [-0.05, 0) is 42.4 Å². The summed E-state index contributed by atoms with van der Waals surface area (Å²) in [6, 6.07) is 17.5. The largest absolute Gasteiger partial charge is 0.388 e. The van der Waals surface area contributed by atoms with Crippen LogP contribution in [0.5, 0.6) is 0 Å². The van der Waals surface area contributed by atoms with Crippen LogP contribution in [0.4, 0.5) is 0 Å². The summed E-state index contributed by atoms with van der Waals surface area (Å²) in [5.74, 6) is 0.391. The van der Waals surface area contributed by atoms with Gasteiger partial charge in [0.15, 0.2) is 0 Å². The van der Waals surface area contributed by atoms with Crippen LogP contribution >= 0.6 is 11.6 Å². The first-order valence-electron chi connectivity index (χ1n) is 8.89. The lowest BCUT2D eigenvalue weighted by atomic mass is 9.87. The normalized spacial score (nSPS) is 16.6. The highest BCUT2D eigenvalue weighted by Crippen LogP contribution is 2.30. The van der Waals surface area contributed by atoms with Gasteiger partial charge in [0.1, 0.15) is 0 Å². The van der Waals surface area contributed by atoms with Crippen LogP contribution < -0.4 is 0 Å². The summed E-state index contributed by atoms with van der Waals surface area (Å²) in [5, 5.41) is 11.3. The number of likely N-dealkylation sites (tertiary alicyclic amines) is 1. The van der Waals surface area contributed by atoms with Crippen LogP contribution in [0.1, 0.15) is 36.5 Å². The monoisotopic (exact) mass is 357 g/mol. The average Bonchev–Trinajstić information content (AvgIpc) is 2.67. The number of halogens is 1. The fraction of sp³-hybridized carbons (Fsp3) is 0.381. The van der Waals surface area contributed by atoms with Gasteiger partial charge in [0.2, 0.25) is 5.91 Å². The Labute approximate surface area is 154 Å². The lowest BCUT2D eigenvalue weighted by molar-refractivity contribution is -0.133. The van der Waals surface area contributed by atoms with Crippen LogP contribution in [0, 0.1) is 5.92 Å². The van der Waals surface area contributed by atoms with Crippen molar-refractivity contribution in [2.45, 2.75) is 31.8 Å². The molecule has 2 aromatic carbocycles. The van der Waals surface area contributed by atoms with Crippen molar-refractivity contribution in [1.82, 2.24) is 4.90 Å². The maximum absolute atomic E-state index is 12.4. The van der Waals surface area contributed by atoms with E-state index in [1.807, 2.05) is 59.5 Å². The lowest BCUT2D eigenvalue weighted by Gasteiger charge is -2.34. The zero-order valence-electron chi connectivity index (χ0n) is 14.3. The molecule has 1 amide bonds. The summed E-state index contributed by atoms with van der Waals surface area (Å²) in [6.45, 7) is 1.44. The zero-order chi connectivity index (χ0) is 17.6. The van der Waals surface area contributed by atoms with Gasteiger partial charge in [0.05, 0.1) is 6.10 Å². The average molecular weight is 358 g/mol. The summed E-state index contributed by atoms with van der Waals surface area (Å²) in [6.07, 6.45) is 2.39. The zero-order valence-corrected chi connectivity index (χ0v) is 15.0. The second-order valence-corrected chi connectivity index (χ2v) is 7.07. The van der Waals surface area contributed by atoms with Gasteiger partial charge in [0.25, 0.3) is 0 Å². The highest BCUT2D eigenvalue weighted by molar-refractivity contribution is 6.31. The van der Waals surface area contributed by atoms with E-state index in [-0.39, 0.29) is 11.8 Å². The van der Waals surface area contributed by atoms with Crippen molar-refractivity contribution < 1.29 is 9.90 Å². The molecular weight excluding hydrogens is 334 g/mol. The van der Waals surface area contributed by atoms with E-state index in [1.54, 1.807) is 0 Å². The van der Waals surface area contributed by atoms with Gasteiger partial charge in [-0.2, -0.15) is 0 Å². The molecule has 1 fully saturated rings. The van der Waals surface area contributed by atoms with Gasteiger partial charge in [-0.1, -0.05) is 60.1 Å². The van der Waals surface area contributed by atoms with E-state index < -0.39 is 6.10 Å². The van der Waals surface area contributed by atoms with Crippen molar-refractivity contribution in [1.29, 1.82) is 0 Å². The quantitative estimate of drug-likeness (QED) is 0.869. The van der Waals surface area contributed by atoms with Crippen LogP contribution in [0.25, 0.3) is 0 Å². The van der Waals surface area contributed by atoms with E-state index >= 15 is 0 Å². The van der Waals surface area contributed by atoms with E-state index in [4.69, 9.17) is 11.6 Å². The second kappa shape index (κ2) is 8.50. The fourth-order valence-electron chi connectivity index (χ4n) is 3.49. The molecule has 1 N–H and O–H groups in total. The van der Waals surface area contributed by atoms with Crippen LogP contribution in [-0.2, 0) is 11.2 Å². The number of rotatable bonds is 5. The number of nitrogens with zero attached hydrogens (tertiary/aromatic N) is 1. The Morgan fingerprint density at radius 1 is 1.08 bits per heavy atom. The molecule has 0 saturated carbocycles. The second-order valence-electron chi connectivity index (χ2n) is 6.67. The molecule has 1 aliphatic heterocycles. The third-order valence-corrected chi connectivity index (χ3v) is 5.41. The SMILES string of the molecule is O=C(CCc1ccccc1Cl)N1CCC(C(O)c2ccccc2)CC1. The summed E-state index contributed by atoms with van der Waals surface area (Å²) >= 11 is 6.15. The van der Waals surface area contributed by atoms with Gasteiger partial charge < -0.3 is 10.0 Å². The van der Waals surface area contributed by atoms with Crippen molar-refractivity contribution in [3.63, 3.8) is 0 Å². The topological polar surface area (TPSA) is 40.5 Å². The molecule has 1 saturated heterocycles. The van der Waals surface area contributed by atoms with Crippen LogP contribution in [0.3, 0.4) is 0 Å². The van der Waals surface area contributed by atoms with Crippen LogP contribution in [0.15, 0.2) is 54.6 Å². The number of carbonyl (C=O) groups is 1. The summed E-state index contributed by atoms with van der Waals surface area (Å²) in [4.78, 5) is 14.4. The molecule has 1 unspecified atom stereocenters. The molecule has 0 radical (unpaired) electrons. The smallest absolute Gasteiger partial charge is 0.222 e. The van der Waals surface area contributed by atoms with Gasteiger partial charge in [-0.25, -0.2) is 0 Å². The fourth-order valence-corrected chi connectivity index (χ4v) is 3.72. The van der Waals surface area contributed by atoms with E-state index in [2.05, 4.69) is 0 Å². The van der Waals surface area contributed by atoms with E-state index in [0.29, 0.717) is 12.8 Å². The third kappa shape index (κ3) is 4.62. The number of amides is 1. The number of hydrogen-bond donors (Lipinski definition) is 1. The number of aryl methyl sites for hydroxylation is 1. The molecule has 0 spiro atoms. The minimum Gasteiger partial charge on any atom is -0.388 e. The summed E-state index contributed by atoms with van der Waals surface area (Å²) in [5.41, 5.74) is 1.98. The van der Waals surface area contributed by atoms with E-state index in [1.165, 1.54) is 0 Å². The molecule has 1 aliphatic rings. The van der Waals surface area contributed by atoms with Crippen molar-refractivity contribution in [2.75, 3.05) is 13.1 Å². The summed E-state index contributed by atoms with van der Waals surface area (Å²) in [7, 11) is 0. The predicted molar refractivity (Wildman–Crippen MR) is 100 cm³/mol. The predicted octanol–water partition coefficient (Wildman–Crippen LogP) is 4.24. The standard InChI is InChI=1S/C21H24ClNO2/c22-19-9-5-4-6-16(19)10-11-20(24)23-14-12-18(13-15-23)21(25)17-7-2-1-3-8-17/h1-9,18,21,25H,10-15H2. The highest BCUT2D eigenvalue weighted by atomic mass is 35.5. The lowest BCUT2D eigenvalue weighted by Crippen LogP contribution is -2.39. The van der Waals surface area contributed by atoms with Gasteiger partial charge in [-0.3, -0.25) is 4.79 Å². The van der Waals surface area contributed by atoms with Crippen molar-refractivity contribution in [2.24, 2.45) is 5.92 Å². The molecule has 25 heavy (non-hydrogen) atoms. The molecule has 2 aromatic rings. The molecule has 3 rings (SSSR count). The Hall–Kier alpha value is -1.84. The minimum atomic E-state index is -0.443. The van der Waals surface area contributed by atoms with Crippen molar-refractivity contribution >= 4 is 17.5 Å². The maximum Gasteiger partial charge on any atom is 0.222 e. The first-order valence-corrected chi connectivity index (χ1v) is 9.27. The van der Waals surface area contributed by atoms with Crippen LogP contribution in [-0.4, -0.2) is 29.0 Å². The van der Waals surface area contributed by atoms with Gasteiger partial charge in [0, 0.05) is 24.5 Å². The van der Waals surface area contributed by atoms with Crippen LogP contribution in [0.2, 0.25) is 5.02 Å². The third-order valence-electron chi connectivity index (χ3n) is 5.05. The highest BCUT2D eigenvalue weighted by Gasteiger charge is 2.28. The first-order chi connectivity index (χ1) is 12.1. The minimum absolute atomic E-state index is 0.174. The Morgan fingerprint density at radius 2 is 1.72 bits per heavy atom. The number of aliphatic hydroxyl groups excluding tert-OH is 1. The Balaban J connectivity index is 1.48. The molecule has 0 aromatic heterocycles. The molecule has 4 heteroatoms. The number of benzene rings is 2. The van der Waals surface area contributed by atoms with Crippen molar-refractivity contribution in [3.05, 3.63) is 70.7 Å². The van der Waals surface area contributed by atoms with E-state index in [9.17, 15) is 9.90 Å². The summed E-state index contributed by atoms with van der Waals surface area (Å²) < 4.78 is 0. The van der Waals surface area contributed by atoms with Gasteiger partial charge in [-0.15, -0.1) is 0 Å². The Kier molecular flexibility index (Phi) is 6.11. The first kappa shape index (κ1) is 18.0. The molecule has 1 heterocycles. The maximum atomic E-state index is 12.4. The number of aliphatic hydroxyl groups is 1. The molecule has 0 aliphatic carbocycles. The molecule has 3 nitrogen and oxygen atoms in total. The number of piperidine rings is 1. The Morgan fingerprint density at radius 3 is 2.40 bits per heavy atom. The number of carbonyl (C=O) groups excluding carboxylic acids is 1. The van der Waals surface area contributed by atoms with Gasteiger partial charge >= 0.3 is 0 Å². The Bertz CT molecular complexity index is 696.